The molecule has 0 spiro atoms. The summed E-state index contributed by atoms with van der Waals surface area (Å²) in [5.74, 6) is -0.453. The second-order valence-electron chi connectivity index (χ2n) is 8.71. The lowest BCUT2D eigenvalue weighted by Gasteiger charge is -2.37. The first-order valence-electron chi connectivity index (χ1n) is 12.0. The van der Waals surface area contributed by atoms with Crippen molar-refractivity contribution in [2.75, 3.05) is 6.61 Å². The van der Waals surface area contributed by atoms with Gasteiger partial charge < -0.3 is 15.0 Å². The minimum atomic E-state index is -0.463. The van der Waals surface area contributed by atoms with Crippen LogP contribution in [0.3, 0.4) is 0 Å². The first kappa shape index (κ1) is 24.8. The van der Waals surface area contributed by atoms with E-state index in [1.165, 1.54) is 11.8 Å². The summed E-state index contributed by atoms with van der Waals surface area (Å²) in [5, 5.41) is 5.75. The molecule has 2 aliphatic heterocycles. The number of nitrogens with one attached hydrogen (secondary N) is 1. The number of hydrogen-bond acceptors (Lipinski definition) is 6. The molecular formula is C28H31N3O3S. The number of carbonyl (C=O) groups is 2. The molecule has 0 saturated heterocycles. The monoisotopic (exact) mass is 489 g/mol. The third kappa shape index (κ3) is 5.35. The van der Waals surface area contributed by atoms with E-state index in [1.54, 1.807) is 6.92 Å². The Bertz CT molecular complexity index is 1190. The van der Waals surface area contributed by atoms with Crippen molar-refractivity contribution in [2.24, 2.45) is 4.99 Å². The van der Waals surface area contributed by atoms with E-state index in [0.29, 0.717) is 11.3 Å². The topological polar surface area (TPSA) is 71.0 Å². The normalized spacial score (nSPS) is 17.9. The highest BCUT2D eigenvalue weighted by molar-refractivity contribution is 8.16. The van der Waals surface area contributed by atoms with E-state index in [1.807, 2.05) is 85.7 Å². The summed E-state index contributed by atoms with van der Waals surface area (Å²) >= 11 is 1.48. The van der Waals surface area contributed by atoms with E-state index in [4.69, 9.17) is 9.73 Å². The molecule has 2 atom stereocenters. The Hall–Kier alpha value is -3.32. The Morgan fingerprint density at radius 3 is 2.49 bits per heavy atom. The van der Waals surface area contributed by atoms with Crippen LogP contribution in [0, 0.1) is 6.92 Å². The van der Waals surface area contributed by atoms with Gasteiger partial charge in [0.05, 0.1) is 30.3 Å². The number of nitrogens with zero attached hydrogens (tertiary/aromatic N) is 2. The maximum absolute atomic E-state index is 13.5. The van der Waals surface area contributed by atoms with Gasteiger partial charge in [0.1, 0.15) is 0 Å². The average Bonchev–Trinajstić information content (AvgIpc) is 3.26. The molecule has 1 N–H and O–H groups in total. The van der Waals surface area contributed by atoms with Crippen LogP contribution in [0.15, 0.2) is 76.3 Å². The molecule has 2 aliphatic rings. The van der Waals surface area contributed by atoms with Gasteiger partial charge in [-0.2, -0.15) is 0 Å². The van der Waals surface area contributed by atoms with Gasteiger partial charge in [-0.25, -0.2) is 9.79 Å². The van der Waals surface area contributed by atoms with Crippen molar-refractivity contribution in [1.29, 1.82) is 0 Å². The standard InChI is InChI=1S/C28H31N3O3S/c1-5-19(4)29-23(32)16-22-17-35-28-30-25(20-10-8-7-9-11-20)24(27(33)34-6-2)26(31(22)28)21-14-12-18(3)13-15-21/h7-15,17,19,26H,5-6,16H2,1-4H3,(H,29,32). The average molecular weight is 490 g/mol. The number of carbonyl (C=O) groups excluding carboxylic acids is 2. The fourth-order valence-electron chi connectivity index (χ4n) is 4.15. The summed E-state index contributed by atoms with van der Waals surface area (Å²) < 4.78 is 5.54. The second-order valence-corrected chi connectivity index (χ2v) is 9.54. The SMILES string of the molecule is CCOC(=O)C1=C(c2ccccc2)N=C2SC=C(CC(=O)NC(C)CC)N2C1c1ccc(C)cc1. The van der Waals surface area contributed by atoms with Crippen molar-refractivity contribution in [2.45, 2.75) is 52.6 Å². The number of aryl methyl sites for hydroxylation is 1. The number of amidine groups is 1. The number of hydrogen-bond donors (Lipinski definition) is 1. The predicted molar refractivity (Wildman–Crippen MR) is 141 cm³/mol. The third-order valence-corrected chi connectivity index (χ3v) is 7.00. The smallest absolute Gasteiger partial charge is 0.338 e. The van der Waals surface area contributed by atoms with Crippen LogP contribution in [-0.2, 0) is 14.3 Å². The highest BCUT2D eigenvalue weighted by Gasteiger charge is 2.42. The highest BCUT2D eigenvalue weighted by Crippen LogP contribution is 2.47. The molecule has 0 fully saturated rings. The van der Waals surface area contributed by atoms with E-state index in [0.717, 1.165) is 34.0 Å². The van der Waals surface area contributed by atoms with E-state index in [-0.39, 0.29) is 25.0 Å². The van der Waals surface area contributed by atoms with Crippen molar-refractivity contribution in [3.05, 3.63) is 88.0 Å². The van der Waals surface area contributed by atoms with E-state index >= 15 is 0 Å². The van der Waals surface area contributed by atoms with Crippen LogP contribution in [-0.4, -0.2) is 34.6 Å². The first-order chi connectivity index (χ1) is 16.9. The summed E-state index contributed by atoms with van der Waals surface area (Å²) in [4.78, 5) is 33.2. The van der Waals surface area contributed by atoms with E-state index < -0.39 is 12.0 Å². The molecule has 2 aromatic rings. The van der Waals surface area contributed by atoms with Gasteiger partial charge in [-0.15, -0.1) is 0 Å². The molecule has 182 valence electrons. The molecular weight excluding hydrogens is 458 g/mol. The first-order valence-corrected chi connectivity index (χ1v) is 12.9. The van der Waals surface area contributed by atoms with Crippen LogP contribution >= 0.6 is 11.8 Å². The zero-order valence-corrected chi connectivity index (χ0v) is 21.4. The molecule has 2 unspecified atom stereocenters. The maximum atomic E-state index is 13.5. The quantitative estimate of drug-likeness (QED) is 0.491. The van der Waals surface area contributed by atoms with Crippen LogP contribution in [0.5, 0.6) is 0 Å². The Morgan fingerprint density at radius 1 is 1.11 bits per heavy atom. The number of benzene rings is 2. The van der Waals surface area contributed by atoms with Crippen LogP contribution in [0.25, 0.3) is 5.70 Å². The maximum Gasteiger partial charge on any atom is 0.338 e. The van der Waals surface area contributed by atoms with Gasteiger partial charge >= 0.3 is 5.97 Å². The molecule has 0 aliphatic carbocycles. The molecule has 2 aromatic carbocycles. The Kier molecular flexibility index (Phi) is 7.76. The summed E-state index contributed by atoms with van der Waals surface area (Å²) in [6, 6.07) is 17.5. The van der Waals surface area contributed by atoms with E-state index in [2.05, 4.69) is 5.32 Å². The highest BCUT2D eigenvalue weighted by atomic mass is 32.2. The molecule has 35 heavy (non-hydrogen) atoms. The van der Waals surface area contributed by atoms with Gasteiger partial charge in [-0.1, -0.05) is 78.8 Å². The molecule has 0 saturated carbocycles. The Balaban J connectivity index is 1.83. The van der Waals surface area contributed by atoms with Gasteiger partial charge in [0.15, 0.2) is 5.17 Å². The van der Waals surface area contributed by atoms with Crippen molar-refractivity contribution >= 4 is 34.5 Å². The van der Waals surface area contributed by atoms with Gasteiger partial charge in [0.25, 0.3) is 0 Å². The summed E-state index contributed by atoms with van der Waals surface area (Å²) in [7, 11) is 0. The zero-order valence-electron chi connectivity index (χ0n) is 20.6. The summed E-state index contributed by atoms with van der Waals surface area (Å²) in [5.41, 5.74) is 4.81. The molecule has 1 amide bonds. The number of esters is 1. The Morgan fingerprint density at radius 2 is 1.83 bits per heavy atom. The lowest BCUT2D eigenvalue weighted by Crippen LogP contribution is -2.39. The van der Waals surface area contributed by atoms with Crippen molar-refractivity contribution in [1.82, 2.24) is 10.2 Å². The molecule has 6 nitrogen and oxygen atoms in total. The van der Waals surface area contributed by atoms with Gasteiger partial charge in [0.2, 0.25) is 5.91 Å². The summed E-state index contributed by atoms with van der Waals surface area (Å²) in [6.45, 7) is 8.13. The number of amides is 1. The van der Waals surface area contributed by atoms with E-state index in [9.17, 15) is 9.59 Å². The minimum Gasteiger partial charge on any atom is -0.463 e. The molecule has 7 heteroatoms. The number of fused-ring (bicyclic) bond motifs is 1. The Labute approximate surface area is 211 Å². The van der Waals surface area contributed by atoms with Gasteiger partial charge in [-0.3, -0.25) is 4.79 Å². The number of thioether (sulfide) groups is 1. The van der Waals surface area contributed by atoms with Crippen LogP contribution in [0.2, 0.25) is 0 Å². The predicted octanol–water partition coefficient (Wildman–Crippen LogP) is 5.58. The fourth-order valence-corrected chi connectivity index (χ4v) is 5.06. The van der Waals surface area contributed by atoms with Crippen molar-refractivity contribution in [3.63, 3.8) is 0 Å². The van der Waals surface area contributed by atoms with Crippen LogP contribution in [0.1, 0.15) is 56.3 Å². The third-order valence-electron chi connectivity index (χ3n) is 6.11. The largest absolute Gasteiger partial charge is 0.463 e. The fraction of sp³-hybridized carbons (Fsp3) is 0.321. The number of rotatable bonds is 8. The lowest BCUT2D eigenvalue weighted by molar-refractivity contribution is -0.139. The molecule has 4 rings (SSSR count). The lowest BCUT2D eigenvalue weighted by atomic mass is 9.91. The minimum absolute atomic E-state index is 0.0503. The molecule has 0 bridgehead atoms. The summed E-state index contributed by atoms with van der Waals surface area (Å²) in [6.07, 6.45) is 1.06. The van der Waals surface area contributed by atoms with Crippen molar-refractivity contribution in [3.8, 4) is 0 Å². The zero-order chi connectivity index (χ0) is 24.9. The van der Waals surface area contributed by atoms with Crippen LogP contribution in [0.4, 0.5) is 0 Å². The molecule has 0 radical (unpaired) electrons. The van der Waals surface area contributed by atoms with Crippen LogP contribution < -0.4 is 5.32 Å². The second kappa shape index (κ2) is 11.0. The van der Waals surface area contributed by atoms with Gasteiger partial charge in [0, 0.05) is 17.3 Å². The van der Waals surface area contributed by atoms with Crippen molar-refractivity contribution < 1.29 is 14.3 Å². The molecule has 0 aromatic heterocycles. The number of ether oxygens (including phenoxy) is 1. The molecule has 2 heterocycles. The number of aliphatic imine (C=N–C) groups is 1. The van der Waals surface area contributed by atoms with Gasteiger partial charge in [-0.05, 0) is 38.2 Å².